The van der Waals surface area contributed by atoms with Crippen molar-refractivity contribution in [2.45, 2.75) is 13.1 Å². The van der Waals surface area contributed by atoms with Crippen LogP contribution < -0.4 is 16.0 Å². The molecule has 0 amide bonds. The Morgan fingerprint density at radius 2 is 1.82 bits per heavy atom. The van der Waals surface area contributed by atoms with Crippen LogP contribution in [0.4, 0.5) is 18.9 Å². The van der Waals surface area contributed by atoms with Gasteiger partial charge in [0.25, 0.3) is 5.56 Å². The number of nitrogens with one attached hydrogen (secondary N) is 1. The summed E-state index contributed by atoms with van der Waals surface area (Å²) in [5.41, 5.74) is 4.75. The first-order valence-corrected chi connectivity index (χ1v) is 9.72. The number of rotatable bonds is 3. The van der Waals surface area contributed by atoms with Crippen LogP contribution in [0, 0.1) is 6.92 Å². The number of nitrogens with two attached hydrogens (primary N) is 1. The number of nitrogen functional groups attached to an aromatic ring is 1. The zero-order valence-electron chi connectivity index (χ0n) is 17.3. The van der Waals surface area contributed by atoms with Gasteiger partial charge in [0.05, 0.1) is 24.1 Å². The van der Waals surface area contributed by atoms with Crippen molar-refractivity contribution in [1.82, 2.24) is 19.6 Å². The van der Waals surface area contributed by atoms with E-state index in [0.717, 1.165) is 4.52 Å². The average Bonchev–Trinajstić information content (AvgIpc) is 3.38. The van der Waals surface area contributed by atoms with Gasteiger partial charge in [-0.1, -0.05) is 30.3 Å². The van der Waals surface area contributed by atoms with Crippen molar-refractivity contribution in [3.05, 3.63) is 64.2 Å². The van der Waals surface area contributed by atoms with Crippen molar-refractivity contribution in [2.24, 2.45) is 0 Å². The molecule has 3 aromatic heterocycles. The minimum absolute atomic E-state index is 0.0975. The fourth-order valence-electron chi connectivity index (χ4n) is 3.78. The first-order chi connectivity index (χ1) is 15.7. The summed E-state index contributed by atoms with van der Waals surface area (Å²) in [4.78, 5) is 22.0. The third kappa shape index (κ3) is 3.12. The Kier molecular flexibility index (Phi) is 4.45. The van der Waals surface area contributed by atoms with Crippen molar-refractivity contribution >= 4 is 22.4 Å². The monoisotopic (exact) mass is 455 g/mol. The predicted molar refractivity (Wildman–Crippen MR) is 115 cm³/mol. The van der Waals surface area contributed by atoms with Crippen LogP contribution in [-0.4, -0.2) is 26.7 Å². The van der Waals surface area contributed by atoms with Crippen LogP contribution in [0.1, 0.15) is 11.4 Å². The number of aromatic amines is 1. The molecular formula is C22H16F3N5O3. The predicted octanol–water partition coefficient (Wildman–Crippen LogP) is 4.42. The van der Waals surface area contributed by atoms with Crippen LogP contribution in [0.5, 0.6) is 5.75 Å². The molecule has 0 unspecified atom stereocenters. The molecule has 0 aliphatic rings. The van der Waals surface area contributed by atoms with Crippen LogP contribution >= 0.6 is 0 Å². The molecule has 3 heterocycles. The highest BCUT2D eigenvalue weighted by Crippen LogP contribution is 2.39. The molecule has 0 saturated carbocycles. The number of benzene rings is 2. The summed E-state index contributed by atoms with van der Waals surface area (Å²) in [5.74, 6) is 0.238. The molecule has 0 aliphatic carbocycles. The Labute approximate surface area is 183 Å². The second kappa shape index (κ2) is 7.12. The van der Waals surface area contributed by atoms with Gasteiger partial charge < -0.3 is 14.9 Å². The number of alkyl halides is 3. The molecule has 0 fully saturated rings. The van der Waals surface area contributed by atoms with E-state index in [4.69, 9.17) is 14.9 Å². The second-order valence-electron chi connectivity index (χ2n) is 7.32. The van der Waals surface area contributed by atoms with Gasteiger partial charge in [-0.2, -0.15) is 17.7 Å². The summed E-state index contributed by atoms with van der Waals surface area (Å²) < 4.78 is 53.3. The fourth-order valence-corrected chi connectivity index (χ4v) is 3.78. The van der Waals surface area contributed by atoms with E-state index >= 15 is 0 Å². The maximum atomic E-state index is 13.9. The van der Waals surface area contributed by atoms with Gasteiger partial charge in [0.2, 0.25) is 5.89 Å². The average molecular weight is 455 g/mol. The highest BCUT2D eigenvalue weighted by molar-refractivity contribution is 5.91. The van der Waals surface area contributed by atoms with Crippen LogP contribution in [0.25, 0.3) is 39.3 Å². The normalized spacial score (nSPS) is 12.0. The topological polar surface area (TPSA) is 111 Å². The lowest BCUT2D eigenvalue weighted by Crippen LogP contribution is -2.20. The van der Waals surface area contributed by atoms with Gasteiger partial charge in [0.1, 0.15) is 17.0 Å². The quantitative estimate of drug-likeness (QED) is 0.390. The van der Waals surface area contributed by atoms with Gasteiger partial charge in [0.15, 0.2) is 16.7 Å². The van der Waals surface area contributed by atoms with Crippen LogP contribution in [0.15, 0.2) is 51.7 Å². The third-order valence-electron chi connectivity index (χ3n) is 5.28. The van der Waals surface area contributed by atoms with E-state index in [9.17, 15) is 18.0 Å². The Hall–Kier alpha value is -4.28. The molecule has 0 bridgehead atoms. The zero-order chi connectivity index (χ0) is 23.5. The number of aromatic nitrogens is 4. The lowest BCUT2D eigenvalue weighted by Gasteiger charge is -2.07. The molecule has 3 N–H and O–H groups in total. The minimum Gasteiger partial charge on any atom is -0.494 e. The molecule has 33 heavy (non-hydrogen) atoms. The number of oxazole rings is 1. The number of halogens is 3. The fraction of sp³-hybridized carbons (Fsp3) is 0.136. The number of aryl methyl sites for hydroxylation is 1. The van der Waals surface area contributed by atoms with E-state index in [0.29, 0.717) is 5.75 Å². The lowest BCUT2D eigenvalue weighted by atomic mass is 10.1. The van der Waals surface area contributed by atoms with E-state index in [1.165, 1.54) is 26.2 Å². The van der Waals surface area contributed by atoms with Gasteiger partial charge in [-0.3, -0.25) is 9.89 Å². The molecule has 0 saturated heterocycles. The Bertz CT molecular complexity index is 1580. The molecule has 0 spiro atoms. The largest absolute Gasteiger partial charge is 0.494 e. The Morgan fingerprint density at radius 1 is 1.09 bits per heavy atom. The van der Waals surface area contributed by atoms with Gasteiger partial charge >= 0.3 is 6.18 Å². The summed E-state index contributed by atoms with van der Waals surface area (Å²) in [5, 5.41) is 2.17. The maximum Gasteiger partial charge on any atom is 0.433 e. The van der Waals surface area contributed by atoms with Crippen LogP contribution in [0.2, 0.25) is 0 Å². The highest BCUT2D eigenvalue weighted by Gasteiger charge is 2.38. The minimum atomic E-state index is -4.75. The van der Waals surface area contributed by atoms with E-state index in [1.54, 1.807) is 30.3 Å². The van der Waals surface area contributed by atoms with E-state index in [-0.39, 0.29) is 50.7 Å². The van der Waals surface area contributed by atoms with Gasteiger partial charge in [0, 0.05) is 0 Å². The molecular weight excluding hydrogens is 439 g/mol. The van der Waals surface area contributed by atoms with Crippen LogP contribution in [-0.2, 0) is 6.18 Å². The van der Waals surface area contributed by atoms with Crippen molar-refractivity contribution in [3.63, 3.8) is 0 Å². The summed E-state index contributed by atoms with van der Waals surface area (Å²) >= 11 is 0. The second-order valence-corrected chi connectivity index (χ2v) is 7.32. The molecule has 168 valence electrons. The number of fused-ring (bicyclic) bond motifs is 2. The molecule has 11 heteroatoms. The van der Waals surface area contributed by atoms with Crippen molar-refractivity contribution in [1.29, 1.82) is 0 Å². The van der Waals surface area contributed by atoms with E-state index < -0.39 is 17.4 Å². The molecule has 5 rings (SSSR count). The molecule has 0 aliphatic heterocycles. The van der Waals surface area contributed by atoms with Gasteiger partial charge in [-0.25, -0.2) is 9.97 Å². The summed E-state index contributed by atoms with van der Waals surface area (Å²) in [6, 6.07) is 11.1. The number of methoxy groups -OCH3 is 1. The van der Waals surface area contributed by atoms with E-state index in [2.05, 4.69) is 15.1 Å². The van der Waals surface area contributed by atoms with Crippen molar-refractivity contribution in [2.75, 3.05) is 12.8 Å². The van der Waals surface area contributed by atoms with Gasteiger partial charge in [-0.05, 0) is 24.6 Å². The number of nitrogens with zero attached hydrogens (tertiary/aromatic N) is 3. The lowest BCUT2D eigenvalue weighted by molar-refractivity contribution is -0.140. The smallest absolute Gasteiger partial charge is 0.433 e. The Morgan fingerprint density at radius 3 is 2.48 bits per heavy atom. The molecule has 2 aromatic carbocycles. The maximum absolute atomic E-state index is 13.9. The van der Waals surface area contributed by atoms with Crippen LogP contribution in [0.3, 0.4) is 0 Å². The standard InChI is InChI=1S/C22H16F3N5O3/c1-10-14(20-28-16-13(32-2)9-8-12(26)17(16)33-20)21(31)30-19(27-10)15(11-6-4-3-5-7-11)18(29-30)22(23,24)25/h3-9,29H,26H2,1-2H3. The number of H-pyrrole nitrogens is 1. The summed E-state index contributed by atoms with van der Waals surface area (Å²) in [7, 11) is 1.44. The molecule has 0 atom stereocenters. The number of hydrogen-bond donors (Lipinski definition) is 2. The van der Waals surface area contributed by atoms with Crippen molar-refractivity contribution in [3.8, 4) is 28.3 Å². The SMILES string of the molecule is COc1ccc(N)c2oc(-c3c(C)nc4c(-c5ccccc5)c(C(F)(F)F)[nH]n4c3=O)nc12. The summed E-state index contributed by atoms with van der Waals surface area (Å²) in [6.45, 7) is 1.50. The summed E-state index contributed by atoms with van der Waals surface area (Å²) in [6.07, 6.45) is -4.75. The molecule has 0 radical (unpaired) electrons. The molecule has 8 nitrogen and oxygen atoms in total. The first-order valence-electron chi connectivity index (χ1n) is 9.72. The molecule has 5 aromatic rings. The Balaban J connectivity index is 1.83. The van der Waals surface area contributed by atoms with E-state index in [1.807, 2.05) is 0 Å². The zero-order valence-corrected chi connectivity index (χ0v) is 17.3. The first kappa shape index (κ1) is 20.6. The number of ether oxygens (including phenoxy) is 1. The third-order valence-corrected chi connectivity index (χ3v) is 5.28. The highest BCUT2D eigenvalue weighted by atomic mass is 19.4. The van der Waals surface area contributed by atoms with Gasteiger partial charge in [-0.15, -0.1) is 0 Å². The number of anilines is 1. The van der Waals surface area contributed by atoms with Crippen molar-refractivity contribution < 1.29 is 22.3 Å². The number of hydrogen-bond acceptors (Lipinski definition) is 6.